The third-order valence-corrected chi connectivity index (χ3v) is 5.41. The van der Waals surface area contributed by atoms with Gasteiger partial charge >= 0.3 is 0 Å². The molecule has 1 aromatic carbocycles. The Morgan fingerprint density at radius 2 is 1.68 bits per heavy atom. The van der Waals surface area contributed by atoms with Crippen molar-refractivity contribution in [3.63, 3.8) is 0 Å². The molecule has 1 saturated heterocycles. The summed E-state index contributed by atoms with van der Waals surface area (Å²) in [5.41, 5.74) is 1.34. The second-order valence-electron chi connectivity index (χ2n) is 7.16. The Kier molecular flexibility index (Phi) is 12.5. The van der Waals surface area contributed by atoms with E-state index in [0.717, 1.165) is 44.3 Å². The van der Waals surface area contributed by atoms with Crippen molar-refractivity contribution in [3.8, 4) is 5.75 Å². The van der Waals surface area contributed by atoms with E-state index in [9.17, 15) is 0 Å². The molecule has 1 unspecified atom stereocenters. The number of rotatable bonds is 9. The molecule has 160 valence electrons. The van der Waals surface area contributed by atoms with Crippen molar-refractivity contribution < 1.29 is 4.74 Å². The molecule has 0 saturated carbocycles. The second-order valence-corrected chi connectivity index (χ2v) is 7.16. The van der Waals surface area contributed by atoms with Crippen molar-refractivity contribution in [2.75, 3.05) is 66.5 Å². The third kappa shape index (κ3) is 8.53. The highest BCUT2D eigenvalue weighted by atomic mass is 127. The fourth-order valence-corrected chi connectivity index (χ4v) is 3.39. The first-order chi connectivity index (χ1) is 13.2. The number of hydrogen-bond donors (Lipinski definition) is 2. The molecule has 6 nitrogen and oxygen atoms in total. The lowest BCUT2D eigenvalue weighted by molar-refractivity contribution is 0.139. The number of methoxy groups -OCH3 is 1. The summed E-state index contributed by atoms with van der Waals surface area (Å²) in [5.74, 6) is 2.30. The van der Waals surface area contributed by atoms with Gasteiger partial charge < -0.3 is 20.3 Å². The zero-order valence-corrected chi connectivity index (χ0v) is 20.2. The lowest BCUT2D eigenvalue weighted by atomic mass is 9.98. The van der Waals surface area contributed by atoms with Crippen molar-refractivity contribution in [1.29, 1.82) is 0 Å². The molecule has 0 spiro atoms. The maximum atomic E-state index is 5.23. The Morgan fingerprint density at radius 1 is 1.07 bits per heavy atom. The fourth-order valence-electron chi connectivity index (χ4n) is 3.39. The summed E-state index contributed by atoms with van der Waals surface area (Å²) in [7, 11) is 3.54. The lowest BCUT2D eigenvalue weighted by Crippen LogP contribution is -2.49. The van der Waals surface area contributed by atoms with Crippen molar-refractivity contribution in [2.45, 2.75) is 26.2 Å². The number of nitrogens with one attached hydrogen (secondary N) is 2. The van der Waals surface area contributed by atoms with Crippen LogP contribution in [0.3, 0.4) is 0 Å². The average molecular weight is 503 g/mol. The van der Waals surface area contributed by atoms with Gasteiger partial charge in [-0.1, -0.05) is 26.0 Å². The number of piperazine rings is 1. The molecule has 28 heavy (non-hydrogen) atoms. The standard InChI is InChI=1S/C21H37N5O.HI/c1-5-25-14-16-26(17-15-25)13-12-24-21(22-3)23-11-10-18(2)19-6-8-20(27-4)9-7-19;/h6-9,18H,5,10-17H2,1-4H3,(H2,22,23,24);1H. The molecule has 1 fully saturated rings. The molecular formula is C21H38IN5O. The van der Waals surface area contributed by atoms with Crippen LogP contribution in [0.5, 0.6) is 5.75 Å². The van der Waals surface area contributed by atoms with Crippen LogP contribution < -0.4 is 15.4 Å². The number of halogens is 1. The van der Waals surface area contributed by atoms with Gasteiger partial charge in [-0.25, -0.2) is 0 Å². The van der Waals surface area contributed by atoms with Crippen LogP contribution >= 0.6 is 24.0 Å². The Labute approximate surface area is 188 Å². The largest absolute Gasteiger partial charge is 0.497 e. The van der Waals surface area contributed by atoms with E-state index < -0.39 is 0 Å². The summed E-state index contributed by atoms with van der Waals surface area (Å²) in [4.78, 5) is 9.37. The predicted octanol–water partition coefficient (Wildman–Crippen LogP) is 2.61. The summed E-state index contributed by atoms with van der Waals surface area (Å²) < 4.78 is 5.23. The number of aliphatic imine (C=N–C) groups is 1. The highest BCUT2D eigenvalue weighted by Gasteiger charge is 2.14. The minimum Gasteiger partial charge on any atom is -0.497 e. The van der Waals surface area contributed by atoms with Gasteiger partial charge in [0.2, 0.25) is 0 Å². The second kappa shape index (κ2) is 14.0. The third-order valence-electron chi connectivity index (χ3n) is 5.41. The van der Waals surface area contributed by atoms with E-state index in [0.29, 0.717) is 5.92 Å². The molecule has 0 bridgehead atoms. The molecule has 2 rings (SSSR count). The van der Waals surface area contributed by atoms with E-state index in [1.165, 1.54) is 31.7 Å². The zero-order chi connectivity index (χ0) is 19.5. The van der Waals surface area contributed by atoms with Gasteiger partial charge in [-0.05, 0) is 36.6 Å². The molecule has 1 aliphatic rings. The van der Waals surface area contributed by atoms with Crippen LogP contribution in [0.1, 0.15) is 31.7 Å². The Balaban J connectivity index is 0.00000392. The van der Waals surface area contributed by atoms with Crippen molar-refractivity contribution in [3.05, 3.63) is 29.8 Å². The lowest BCUT2D eigenvalue weighted by Gasteiger charge is -2.34. The minimum absolute atomic E-state index is 0. The Morgan fingerprint density at radius 3 is 2.25 bits per heavy atom. The molecule has 0 radical (unpaired) electrons. The molecule has 0 amide bonds. The van der Waals surface area contributed by atoms with Gasteiger partial charge in [0.15, 0.2) is 5.96 Å². The molecule has 1 heterocycles. The van der Waals surface area contributed by atoms with Gasteiger partial charge in [0.05, 0.1) is 7.11 Å². The first kappa shape index (κ1) is 25.0. The highest BCUT2D eigenvalue weighted by molar-refractivity contribution is 14.0. The predicted molar refractivity (Wildman–Crippen MR) is 129 cm³/mol. The van der Waals surface area contributed by atoms with Crippen molar-refractivity contribution >= 4 is 29.9 Å². The first-order valence-electron chi connectivity index (χ1n) is 10.2. The van der Waals surface area contributed by atoms with E-state index in [1.54, 1.807) is 7.11 Å². The summed E-state index contributed by atoms with van der Waals surface area (Å²) in [6, 6.07) is 8.35. The molecule has 1 atom stereocenters. The number of ether oxygens (including phenoxy) is 1. The van der Waals surface area contributed by atoms with E-state index in [2.05, 4.69) is 51.4 Å². The molecule has 2 N–H and O–H groups in total. The van der Waals surface area contributed by atoms with E-state index in [4.69, 9.17) is 4.74 Å². The molecule has 0 aliphatic carbocycles. The number of likely N-dealkylation sites (N-methyl/N-ethyl adjacent to an activating group) is 1. The van der Waals surface area contributed by atoms with Crippen molar-refractivity contribution in [1.82, 2.24) is 20.4 Å². The minimum atomic E-state index is 0. The van der Waals surface area contributed by atoms with Gasteiger partial charge in [0.25, 0.3) is 0 Å². The number of hydrogen-bond acceptors (Lipinski definition) is 4. The van der Waals surface area contributed by atoms with E-state index >= 15 is 0 Å². The molecule has 1 aliphatic heterocycles. The SMILES string of the molecule is CCN1CCN(CCNC(=NC)NCCC(C)c2ccc(OC)cc2)CC1.I. The van der Waals surface area contributed by atoms with Crippen LogP contribution in [-0.4, -0.2) is 82.3 Å². The average Bonchev–Trinajstić information content (AvgIpc) is 2.73. The normalized spacial score (nSPS) is 16.9. The van der Waals surface area contributed by atoms with Crippen LogP contribution in [-0.2, 0) is 0 Å². The monoisotopic (exact) mass is 503 g/mol. The quantitative estimate of drug-likeness (QED) is 0.308. The summed E-state index contributed by atoms with van der Waals surface area (Å²) in [5, 5.41) is 6.87. The fraction of sp³-hybridized carbons (Fsp3) is 0.667. The van der Waals surface area contributed by atoms with Crippen molar-refractivity contribution in [2.24, 2.45) is 4.99 Å². The number of guanidine groups is 1. The van der Waals surface area contributed by atoms with Crippen LogP contribution in [0.25, 0.3) is 0 Å². The first-order valence-corrected chi connectivity index (χ1v) is 10.2. The Hall–Kier alpha value is -1.06. The molecule has 0 aromatic heterocycles. The van der Waals surface area contributed by atoms with Crippen LogP contribution in [0.4, 0.5) is 0 Å². The van der Waals surface area contributed by atoms with Gasteiger partial charge in [-0.2, -0.15) is 0 Å². The van der Waals surface area contributed by atoms with Crippen LogP contribution in [0, 0.1) is 0 Å². The zero-order valence-electron chi connectivity index (χ0n) is 17.9. The maximum Gasteiger partial charge on any atom is 0.191 e. The molecular weight excluding hydrogens is 465 g/mol. The number of nitrogens with zero attached hydrogens (tertiary/aromatic N) is 3. The van der Waals surface area contributed by atoms with E-state index in [1.807, 2.05) is 19.2 Å². The van der Waals surface area contributed by atoms with Crippen LogP contribution in [0.2, 0.25) is 0 Å². The van der Waals surface area contributed by atoms with Gasteiger partial charge in [-0.3, -0.25) is 9.89 Å². The highest BCUT2D eigenvalue weighted by Crippen LogP contribution is 2.21. The summed E-state index contributed by atoms with van der Waals surface area (Å²) in [6.07, 6.45) is 1.06. The maximum absolute atomic E-state index is 5.23. The van der Waals surface area contributed by atoms with Gasteiger partial charge in [-0.15, -0.1) is 24.0 Å². The summed E-state index contributed by atoms with van der Waals surface area (Å²) >= 11 is 0. The number of benzene rings is 1. The molecule has 1 aromatic rings. The Bertz CT molecular complexity index is 558. The van der Waals surface area contributed by atoms with E-state index in [-0.39, 0.29) is 24.0 Å². The summed E-state index contributed by atoms with van der Waals surface area (Å²) in [6.45, 7) is 13.3. The van der Waals surface area contributed by atoms with Gasteiger partial charge in [0, 0.05) is 52.9 Å². The van der Waals surface area contributed by atoms with Gasteiger partial charge in [0.1, 0.15) is 5.75 Å². The molecule has 7 heteroatoms. The van der Waals surface area contributed by atoms with Crippen LogP contribution in [0.15, 0.2) is 29.3 Å². The topological polar surface area (TPSA) is 52.1 Å². The smallest absolute Gasteiger partial charge is 0.191 e.